The third-order valence-corrected chi connectivity index (χ3v) is 3.30. The number of nitrogens with one attached hydrogen (secondary N) is 1. The summed E-state index contributed by atoms with van der Waals surface area (Å²) in [6.07, 6.45) is 5.93. The van der Waals surface area contributed by atoms with Crippen molar-refractivity contribution < 1.29 is 5.11 Å². The second-order valence-electron chi connectivity index (χ2n) is 4.66. The Hall–Kier alpha value is -2.26. The van der Waals surface area contributed by atoms with E-state index >= 15 is 0 Å². The van der Waals surface area contributed by atoms with Gasteiger partial charge in [-0.05, 0) is 6.42 Å². The average molecular weight is 276 g/mol. The van der Waals surface area contributed by atoms with Gasteiger partial charge in [-0.3, -0.25) is 9.99 Å². The molecule has 2 aromatic rings. The zero-order valence-corrected chi connectivity index (χ0v) is 10.8. The topological polar surface area (TPSA) is 118 Å². The summed E-state index contributed by atoms with van der Waals surface area (Å²) in [5.41, 5.74) is 2.45. The van der Waals surface area contributed by atoms with Gasteiger partial charge in [-0.25, -0.2) is 10.8 Å². The summed E-state index contributed by atoms with van der Waals surface area (Å²) in [5.74, 6) is 6.97. The monoisotopic (exact) mass is 276 g/mol. The molecule has 1 aliphatic rings. The number of anilines is 2. The number of hydrogen-bond donors (Lipinski definition) is 3. The lowest BCUT2D eigenvalue weighted by Crippen LogP contribution is -2.25. The maximum Gasteiger partial charge on any atom is 0.243 e. The van der Waals surface area contributed by atoms with Crippen molar-refractivity contribution in [2.45, 2.75) is 6.42 Å². The lowest BCUT2D eigenvalue weighted by atomic mass is 10.1. The van der Waals surface area contributed by atoms with E-state index in [1.807, 2.05) is 4.90 Å². The molecule has 0 amide bonds. The third-order valence-electron chi connectivity index (χ3n) is 3.30. The minimum atomic E-state index is 0.179. The molecule has 0 radical (unpaired) electrons. The van der Waals surface area contributed by atoms with E-state index in [9.17, 15) is 5.11 Å². The number of nitrogen functional groups attached to an aromatic ring is 1. The first-order valence-electron chi connectivity index (χ1n) is 6.37. The first-order valence-corrected chi connectivity index (χ1v) is 6.37. The summed E-state index contributed by atoms with van der Waals surface area (Å²) in [6, 6.07) is 0. The Kier molecular flexibility index (Phi) is 3.44. The van der Waals surface area contributed by atoms with Gasteiger partial charge >= 0.3 is 0 Å². The second kappa shape index (κ2) is 5.39. The highest BCUT2D eigenvalue weighted by Crippen LogP contribution is 2.21. The van der Waals surface area contributed by atoms with E-state index in [2.05, 4.69) is 25.4 Å². The number of imidazole rings is 1. The van der Waals surface area contributed by atoms with Crippen LogP contribution in [0.4, 0.5) is 11.9 Å². The van der Waals surface area contributed by atoms with Crippen LogP contribution in [0.15, 0.2) is 18.7 Å². The lowest BCUT2D eigenvalue weighted by molar-refractivity contribution is 0.238. The van der Waals surface area contributed by atoms with E-state index in [0.717, 1.165) is 19.5 Å². The van der Waals surface area contributed by atoms with Crippen LogP contribution in [-0.2, 0) is 0 Å². The highest BCUT2D eigenvalue weighted by molar-refractivity contribution is 5.40. The Balaban J connectivity index is 1.93. The number of hydrogen-bond acceptors (Lipinski definition) is 8. The summed E-state index contributed by atoms with van der Waals surface area (Å²) >= 11 is 0. The van der Waals surface area contributed by atoms with Crippen molar-refractivity contribution in [3.8, 4) is 5.95 Å². The Morgan fingerprint density at radius 3 is 2.85 bits per heavy atom. The normalized spacial score (nSPS) is 18.5. The van der Waals surface area contributed by atoms with Gasteiger partial charge in [0.1, 0.15) is 6.33 Å². The van der Waals surface area contributed by atoms with Gasteiger partial charge in [0.15, 0.2) is 0 Å². The van der Waals surface area contributed by atoms with Crippen molar-refractivity contribution in [1.82, 2.24) is 24.5 Å². The first kappa shape index (κ1) is 12.8. The maximum absolute atomic E-state index is 9.21. The zero-order valence-electron chi connectivity index (χ0n) is 10.8. The molecule has 1 unspecified atom stereocenters. The highest BCUT2D eigenvalue weighted by Gasteiger charge is 2.24. The molecule has 1 saturated heterocycles. The summed E-state index contributed by atoms with van der Waals surface area (Å²) in [4.78, 5) is 18.9. The van der Waals surface area contributed by atoms with Crippen LogP contribution in [0.3, 0.4) is 0 Å². The molecule has 3 heterocycles. The van der Waals surface area contributed by atoms with Crippen LogP contribution in [0.5, 0.6) is 0 Å². The van der Waals surface area contributed by atoms with Crippen LogP contribution in [0, 0.1) is 5.92 Å². The number of aliphatic hydroxyl groups is 1. The molecule has 0 bridgehead atoms. The molecule has 2 aromatic heterocycles. The van der Waals surface area contributed by atoms with Crippen LogP contribution in [0.1, 0.15) is 6.42 Å². The highest BCUT2D eigenvalue weighted by atomic mass is 16.3. The summed E-state index contributed by atoms with van der Waals surface area (Å²) < 4.78 is 1.69. The molecule has 1 atom stereocenters. The molecule has 3 rings (SSSR count). The molecular weight excluding hydrogens is 260 g/mol. The third kappa shape index (κ3) is 2.40. The summed E-state index contributed by atoms with van der Waals surface area (Å²) in [7, 11) is 0. The van der Waals surface area contributed by atoms with Crippen molar-refractivity contribution >= 4 is 11.9 Å². The zero-order chi connectivity index (χ0) is 13.9. The molecule has 20 heavy (non-hydrogen) atoms. The van der Waals surface area contributed by atoms with E-state index in [-0.39, 0.29) is 12.5 Å². The fourth-order valence-electron chi connectivity index (χ4n) is 2.22. The van der Waals surface area contributed by atoms with E-state index in [4.69, 9.17) is 5.84 Å². The van der Waals surface area contributed by atoms with Gasteiger partial charge in [-0.2, -0.15) is 15.0 Å². The quantitative estimate of drug-likeness (QED) is 0.489. The Bertz CT molecular complexity index is 572. The molecule has 106 valence electrons. The van der Waals surface area contributed by atoms with Gasteiger partial charge in [-0.15, -0.1) is 0 Å². The molecular formula is C11H16N8O. The maximum atomic E-state index is 9.21. The van der Waals surface area contributed by atoms with Gasteiger partial charge in [0, 0.05) is 38.0 Å². The van der Waals surface area contributed by atoms with Crippen LogP contribution in [-0.4, -0.2) is 49.3 Å². The van der Waals surface area contributed by atoms with Crippen molar-refractivity contribution in [1.29, 1.82) is 0 Å². The van der Waals surface area contributed by atoms with E-state index < -0.39 is 0 Å². The number of aromatic nitrogens is 5. The Morgan fingerprint density at radius 2 is 2.20 bits per heavy atom. The fraction of sp³-hybridized carbons (Fsp3) is 0.455. The fourth-order valence-corrected chi connectivity index (χ4v) is 2.22. The SMILES string of the molecule is NNc1nc(N2CCC(CO)C2)nc(-n2ccnc2)n1. The van der Waals surface area contributed by atoms with Gasteiger partial charge in [-0.1, -0.05) is 0 Å². The molecule has 1 fully saturated rings. The molecule has 4 N–H and O–H groups in total. The van der Waals surface area contributed by atoms with Crippen molar-refractivity contribution in [3.63, 3.8) is 0 Å². The first-order chi connectivity index (χ1) is 9.80. The Labute approximate surface area is 115 Å². The largest absolute Gasteiger partial charge is 0.396 e. The molecule has 0 saturated carbocycles. The molecule has 1 aliphatic heterocycles. The van der Waals surface area contributed by atoms with Gasteiger partial charge < -0.3 is 10.0 Å². The number of hydrazine groups is 1. The minimum absolute atomic E-state index is 0.179. The van der Waals surface area contributed by atoms with Crippen molar-refractivity contribution in [3.05, 3.63) is 18.7 Å². The number of aliphatic hydroxyl groups excluding tert-OH is 1. The molecule has 9 heteroatoms. The lowest BCUT2D eigenvalue weighted by Gasteiger charge is -2.17. The number of nitrogens with zero attached hydrogens (tertiary/aromatic N) is 6. The predicted octanol–water partition coefficient (Wildman–Crippen LogP) is -0.838. The predicted molar refractivity (Wildman–Crippen MR) is 72.2 cm³/mol. The standard InChI is InChI=1S/C11H16N8O/c12-17-9-14-10(18-3-1-8(5-18)6-20)16-11(15-9)19-4-2-13-7-19/h2,4,7-8,20H,1,3,5-6,12H2,(H,14,15,16,17). The molecule has 9 nitrogen and oxygen atoms in total. The number of rotatable bonds is 4. The molecule has 0 aromatic carbocycles. The molecule has 0 aliphatic carbocycles. The smallest absolute Gasteiger partial charge is 0.243 e. The van der Waals surface area contributed by atoms with Crippen LogP contribution >= 0.6 is 0 Å². The van der Waals surface area contributed by atoms with Crippen molar-refractivity contribution in [2.75, 3.05) is 30.0 Å². The molecule has 0 spiro atoms. The van der Waals surface area contributed by atoms with Crippen LogP contribution in [0.25, 0.3) is 5.95 Å². The van der Waals surface area contributed by atoms with Gasteiger partial charge in [0.2, 0.25) is 17.8 Å². The minimum Gasteiger partial charge on any atom is -0.396 e. The summed E-state index contributed by atoms with van der Waals surface area (Å²) in [5, 5.41) is 9.21. The van der Waals surface area contributed by atoms with Crippen molar-refractivity contribution in [2.24, 2.45) is 11.8 Å². The average Bonchev–Trinajstić information content (AvgIpc) is 3.17. The van der Waals surface area contributed by atoms with Crippen LogP contribution in [0.2, 0.25) is 0 Å². The van der Waals surface area contributed by atoms with Gasteiger partial charge in [0.25, 0.3) is 0 Å². The Morgan fingerprint density at radius 1 is 1.35 bits per heavy atom. The summed E-state index contributed by atoms with van der Waals surface area (Å²) in [6.45, 7) is 1.72. The van der Waals surface area contributed by atoms with Crippen LogP contribution < -0.4 is 16.2 Å². The van der Waals surface area contributed by atoms with E-state index in [0.29, 0.717) is 17.8 Å². The second-order valence-corrected chi connectivity index (χ2v) is 4.66. The van der Waals surface area contributed by atoms with Gasteiger partial charge in [0.05, 0.1) is 0 Å². The van der Waals surface area contributed by atoms with E-state index in [1.54, 1.807) is 23.3 Å². The number of nitrogens with two attached hydrogens (primary N) is 1. The van der Waals surface area contributed by atoms with E-state index in [1.165, 1.54) is 0 Å².